The van der Waals surface area contributed by atoms with Crippen LogP contribution >= 0.6 is 0 Å². The summed E-state index contributed by atoms with van der Waals surface area (Å²) in [7, 11) is 1.42. The lowest BCUT2D eigenvalue weighted by atomic mass is 10.1. The first-order valence-corrected chi connectivity index (χ1v) is 5.23. The largest absolute Gasteiger partial charge is 0.463 e. The first kappa shape index (κ1) is 11.4. The van der Waals surface area contributed by atoms with Crippen molar-refractivity contribution in [2.75, 3.05) is 7.11 Å². The monoisotopic (exact) mass is 231 g/mol. The fraction of sp³-hybridized carbons (Fsp3) is 0.231. The van der Waals surface area contributed by atoms with Crippen LogP contribution in [-0.4, -0.2) is 13.3 Å². The minimum Gasteiger partial charge on any atom is -0.463 e. The SMILES string of the molecule is CO/N=C/c1coc2cc(C)c(C)cc2c1=O. The second-order valence-corrected chi connectivity index (χ2v) is 3.87. The second kappa shape index (κ2) is 4.41. The summed E-state index contributed by atoms with van der Waals surface area (Å²) in [5, 5.41) is 4.13. The molecule has 4 heteroatoms. The van der Waals surface area contributed by atoms with Gasteiger partial charge in [-0.2, -0.15) is 0 Å². The van der Waals surface area contributed by atoms with Crippen molar-refractivity contribution >= 4 is 17.2 Å². The van der Waals surface area contributed by atoms with Gasteiger partial charge in [-0.3, -0.25) is 4.79 Å². The van der Waals surface area contributed by atoms with E-state index in [1.165, 1.54) is 19.6 Å². The zero-order valence-corrected chi connectivity index (χ0v) is 9.98. The van der Waals surface area contributed by atoms with Crippen molar-refractivity contribution in [2.45, 2.75) is 13.8 Å². The molecule has 0 N–H and O–H groups in total. The van der Waals surface area contributed by atoms with Gasteiger partial charge in [-0.1, -0.05) is 5.16 Å². The third-order valence-corrected chi connectivity index (χ3v) is 2.71. The lowest BCUT2D eigenvalue weighted by Gasteiger charge is -2.02. The van der Waals surface area contributed by atoms with E-state index in [1.807, 2.05) is 26.0 Å². The predicted molar refractivity (Wildman–Crippen MR) is 66.6 cm³/mol. The van der Waals surface area contributed by atoms with E-state index in [0.717, 1.165) is 11.1 Å². The number of nitrogens with zero attached hydrogens (tertiary/aromatic N) is 1. The van der Waals surface area contributed by atoms with E-state index in [2.05, 4.69) is 9.99 Å². The molecule has 0 aliphatic carbocycles. The van der Waals surface area contributed by atoms with Crippen LogP contribution in [0.5, 0.6) is 0 Å². The molecule has 0 saturated carbocycles. The summed E-state index contributed by atoms with van der Waals surface area (Å²) in [6, 6.07) is 3.70. The molecule has 1 heterocycles. The van der Waals surface area contributed by atoms with Gasteiger partial charge in [-0.15, -0.1) is 0 Å². The van der Waals surface area contributed by atoms with Crippen molar-refractivity contribution in [1.82, 2.24) is 0 Å². The molecule has 0 atom stereocenters. The van der Waals surface area contributed by atoms with Crippen LogP contribution in [-0.2, 0) is 4.84 Å². The van der Waals surface area contributed by atoms with Gasteiger partial charge >= 0.3 is 0 Å². The maximum Gasteiger partial charge on any atom is 0.201 e. The van der Waals surface area contributed by atoms with Gasteiger partial charge in [0.05, 0.1) is 17.2 Å². The summed E-state index contributed by atoms with van der Waals surface area (Å²) in [6.07, 6.45) is 2.74. The Morgan fingerprint density at radius 3 is 2.71 bits per heavy atom. The Labute approximate surface area is 98.5 Å². The molecule has 0 bridgehead atoms. The molecule has 1 aromatic heterocycles. The molecule has 0 aliphatic rings. The fourth-order valence-electron chi connectivity index (χ4n) is 1.60. The van der Waals surface area contributed by atoms with Crippen LogP contribution in [0.15, 0.2) is 32.8 Å². The Morgan fingerprint density at radius 1 is 1.29 bits per heavy atom. The van der Waals surface area contributed by atoms with E-state index < -0.39 is 0 Å². The van der Waals surface area contributed by atoms with E-state index in [4.69, 9.17) is 4.42 Å². The smallest absolute Gasteiger partial charge is 0.201 e. The molecule has 0 unspecified atom stereocenters. The first-order chi connectivity index (χ1) is 8.13. The number of rotatable bonds is 2. The maximum absolute atomic E-state index is 12.1. The maximum atomic E-state index is 12.1. The number of fused-ring (bicyclic) bond motifs is 1. The average Bonchev–Trinajstić information content (AvgIpc) is 2.31. The molecule has 88 valence electrons. The highest BCUT2D eigenvalue weighted by Gasteiger charge is 2.07. The molecule has 0 aliphatic heterocycles. The lowest BCUT2D eigenvalue weighted by molar-refractivity contribution is 0.215. The summed E-state index contributed by atoms with van der Waals surface area (Å²) in [6.45, 7) is 3.94. The number of aryl methyl sites for hydroxylation is 2. The summed E-state index contributed by atoms with van der Waals surface area (Å²) >= 11 is 0. The molecule has 4 nitrogen and oxygen atoms in total. The van der Waals surface area contributed by atoms with Crippen LogP contribution in [0.1, 0.15) is 16.7 Å². The van der Waals surface area contributed by atoms with Gasteiger partial charge in [0.15, 0.2) is 0 Å². The number of benzene rings is 1. The van der Waals surface area contributed by atoms with Crippen molar-refractivity contribution in [3.05, 3.63) is 45.3 Å². The van der Waals surface area contributed by atoms with Crippen LogP contribution in [0, 0.1) is 13.8 Å². The lowest BCUT2D eigenvalue weighted by Crippen LogP contribution is -2.08. The van der Waals surface area contributed by atoms with Gasteiger partial charge in [0.2, 0.25) is 5.43 Å². The van der Waals surface area contributed by atoms with Crippen molar-refractivity contribution in [2.24, 2.45) is 5.16 Å². The average molecular weight is 231 g/mol. The van der Waals surface area contributed by atoms with Crippen LogP contribution in [0.3, 0.4) is 0 Å². The Kier molecular flexibility index (Phi) is 2.95. The highest BCUT2D eigenvalue weighted by atomic mass is 16.6. The van der Waals surface area contributed by atoms with E-state index >= 15 is 0 Å². The van der Waals surface area contributed by atoms with Gasteiger partial charge in [0.1, 0.15) is 19.0 Å². The molecule has 0 spiro atoms. The second-order valence-electron chi connectivity index (χ2n) is 3.87. The zero-order valence-electron chi connectivity index (χ0n) is 9.98. The molecule has 0 fully saturated rings. The van der Waals surface area contributed by atoms with Gasteiger partial charge < -0.3 is 9.25 Å². The molecule has 17 heavy (non-hydrogen) atoms. The van der Waals surface area contributed by atoms with Gasteiger partial charge in [0.25, 0.3) is 0 Å². The summed E-state index contributed by atoms with van der Waals surface area (Å²) in [4.78, 5) is 16.6. The topological polar surface area (TPSA) is 51.8 Å². The van der Waals surface area contributed by atoms with E-state index in [0.29, 0.717) is 16.5 Å². The summed E-state index contributed by atoms with van der Waals surface area (Å²) in [5.74, 6) is 0. The predicted octanol–water partition coefficient (Wildman–Crippen LogP) is 2.39. The van der Waals surface area contributed by atoms with Crippen molar-refractivity contribution < 1.29 is 9.25 Å². The minimum atomic E-state index is -0.102. The standard InChI is InChI=1S/C13H13NO3/c1-8-4-11-12(5-9(8)2)17-7-10(13(11)15)6-14-16-3/h4-7H,1-3H3/b14-6+. The van der Waals surface area contributed by atoms with Gasteiger partial charge in [-0.25, -0.2) is 0 Å². The molecular formula is C13H13NO3. The number of oxime groups is 1. The van der Waals surface area contributed by atoms with Crippen molar-refractivity contribution in [1.29, 1.82) is 0 Å². The van der Waals surface area contributed by atoms with Crippen LogP contribution in [0.2, 0.25) is 0 Å². The Bertz CT molecular complexity index is 641. The van der Waals surface area contributed by atoms with E-state index in [1.54, 1.807) is 0 Å². The highest BCUT2D eigenvalue weighted by molar-refractivity contribution is 5.86. The molecule has 0 amide bonds. The van der Waals surface area contributed by atoms with Crippen LogP contribution < -0.4 is 5.43 Å². The van der Waals surface area contributed by atoms with Crippen LogP contribution in [0.4, 0.5) is 0 Å². The van der Waals surface area contributed by atoms with Crippen molar-refractivity contribution in [3.8, 4) is 0 Å². The molecule has 0 saturated heterocycles. The minimum absolute atomic E-state index is 0.102. The zero-order chi connectivity index (χ0) is 12.4. The molecule has 2 rings (SSSR count). The van der Waals surface area contributed by atoms with Gasteiger partial charge in [0, 0.05) is 0 Å². The summed E-state index contributed by atoms with van der Waals surface area (Å²) < 4.78 is 5.41. The van der Waals surface area contributed by atoms with E-state index in [-0.39, 0.29) is 5.43 Å². The quantitative estimate of drug-likeness (QED) is 0.589. The third-order valence-electron chi connectivity index (χ3n) is 2.71. The first-order valence-electron chi connectivity index (χ1n) is 5.23. The summed E-state index contributed by atoms with van der Waals surface area (Å²) in [5.41, 5.74) is 3.02. The van der Waals surface area contributed by atoms with Crippen molar-refractivity contribution in [3.63, 3.8) is 0 Å². The Balaban J connectivity index is 2.71. The number of hydrogen-bond acceptors (Lipinski definition) is 4. The Hall–Kier alpha value is -2.10. The molecule has 0 radical (unpaired) electrons. The molecular weight excluding hydrogens is 218 g/mol. The number of hydrogen-bond donors (Lipinski definition) is 0. The fourth-order valence-corrected chi connectivity index (χ4v) is 1.60. The third kappa shape index (κ3) is 2.06. The Morgan fingerprint density at radius 2 is 2.00 bits per heavy atom. The molecule has 1 aromatic carbocycles. The normalized spacial score (nSPS) is 11.2. The van der Waals surface area contributed by atoms with Crippen LogP contribution in [0.25, 0.3) is 11.0 Å². The highest BCUT2D eigenvalue weighted by Crippen LogP contribution is 2.16. The van der Waals surface area contributed by atoms with Gasteiger partial charge in [-0.05, 0) is 37.1 Å². The van der Waals surface area contributed by atoms with E-state index in [9.17, 15) is 4.79 Å². The molecule has 2 aromatic rings.